The van der Waals surface area contributed by atoms with E-state index in [4.69, 9.17) is 11.6 Å². The highest BCUT2D eigenvalue weighted by Crippen LogP contribution is 2.41. The summed E-state index contributed by atoms with van der Waals surface area (Å²) in [6, 6.07) is 7.71. The van der Waals surface area contributed by atoms with E-state index in [1.54, 1.807) is 31.2 Å². The Morgan fingerprint density at radius 2 is 1.64 bits per heavy atom. The van der Waals surface area contributed by atoms with Gasteiger partial charge in [0.05, 0.1) is 5.56 Å². The molecule has 0 aliphatic heterocycles. The summed E-state index contributed by atoms with van der Waals surface area (Å²) in [6.07, 6.45) is -0.0152. The van der Waals surface area contributed by atoms with Crippen molar-refractivity contribution in [3.8, 4) is 17.2 Å². The predicted octanol–water partition coefficient (Wildman–Crippen LogP) is 3.92. The van der Waals surface area contributed by atoms with Crippen molar-refractivity contribution in [2.45, 2.75) is 13.3 Å². The minimum absolute atomic E-state index is 0.0152. The minimum Gasteiger partial charge on any atom is -0.507 e. The number of carbonyl (C=O) groups excluding carboxylic acids is 1. The molecule has 114 valence electrons. The summed E-state index contributed by atoms with van der Waals surface area (Å²) >= 11 is 5.79. The number of carbonyl (C=O) groups is 1. The zero-order valence-electron chi connectivity index (χ0n) is 11.9. The van der Waals surface area contributed by atoms with E-state index >= 15 is 0 Å². The van der Waals surface area contributed by atoms with Crippen LogP contribution in [0.5, 0.6) is 17.2 Å². The molecule has 3 N–H and O–H groups in total. The van der Waals surface area contributed by atoms with Gasteiger partial charge in [0.2, 0.25) is 0 Å². The van der Waals surface area contributed by atoms with Gasteiger partial charge in [-0.25, -0.2) is 0 Å². The van der Waals surface area contributed by atoms with Crippen LogP contribution in [-0.4, -0.2) is 21.1 Å². The van der Waals surface area contributed by atoms with E-state index in [1.807, 2.05) is 0 Å². The fourth-order valence-electron chi connectivity index (χ4n) is 2.21. The number of ketones is 1. The van der Waals surface area contributed by atoms with Gasteiger partial charge >= 0.3 is 0 Å². The van der Waals surface area contributed by atoms with Crippen LogP contribution < -0.4 is 0 Å². The topological polar surface area (TPSA) is 77.8 Å². The molecule has 0 aliphatic carbocycles. The van der Waals surface area contributed by atoms with Crippen molar-refractivity contribution in [2.24, 2.45) is 0 Å². The molecule has 0 fully saturated rings. The van der Waals surface area contributed by atoms with Crippen molar-refractivity contribution < 1.29 is 20.1 Å². The van der Waals surface area contributed by atoms with Crippen LogP contribution in [-0.2, 0) is 6.42 Å². The molecular weight excluding hydrogens is 304 g/mol. The first-order valence-corrected chi connectivity index (χ1v) is 6.90. The molecule has 0 amide bonds. The lowest BCUT2D eigenvalue weighted by Gasteiger charge is -2.13. The number of benzene rings is 2. The Bertz CT molecular complexity index is 748. The first-order valence-electron chi connectivity index (χ1n) is 6.52. The molecule has 0 atom stereocenters. The summed E-state index contributed by atoms with van der Waals surface area (Å²) in [5.74, 6) is -1.74. The Hall–Kier alpha value is -2.46. The van der Waals surface area contributed by atoms with Gasteiger partial charge in [0, 0.05) is 17.5 Å². The Morgan fingerprint density at radius 3 is 2.18 bits per heavy atom. The molecule has 4 nitrogen and oxygen atoms in total. The number of phenols is 3. The maximum absolute atomic E-state index is 12.4. The average molecular weight is 319 g/mol. The number of Topliss-reactive ketones (excluding diaryl/α,β-unsaturated/α-hetero) is 1. The Morgan fingerprint density at radius 1 is 1.09 bits per heavy atom. The van der Waals surface area contributed by atoms with Gasteiger partial charge in [-0.3, -0.25) is 4.79 Å². The molecule has 5 heteroatoms. The number of phenolic OH excluding ortho intramolecular Hbond substituents is 3. The van der Waals surface area contributed by atoms with Crippen LogP contribution in [0.15, 0.2) is 36.9 Å². The second-order valence-corrected chi connectivity index (χ2v) is 5.46. The van der Waals surface area contributed by atoms with E-state index in [0.717, 1.165) is 6.07 Å². The van der Waals surface area contributed by atoms with Crippen LogP contribution in [0.25, 0.3) is 5.57 Å². The van der Waals surface area contributed by atoms with Gasteiger partial charge in [-0.2, -0.15) is 0 Å². The summed E-state index contributed by atoms with van der Waals surface area (Å²) in [5, 5.41) is 30.4. The van der Waals surface area contributed by atoms with Crippen molar-refractivity contribution in [3.63, 3.8) is 0 Å². The van der Waals surface area contributed by atoms with E-state index in [9.17, 15) is 20.1 Å². The first kappa shape index (κ1) is 15.9. The third-order valence-electron chi connectivity index (χ3n) is 3.24. The van der Waals surface area contributed by atoms with Gasteiger partial charge in [0.1, 0.15) is 22.8 Å². The zero-order valence-corrected chi connectivity index (χ0v) is 12.7. The summed E-state index contributed by atoms with van der Waals surface area (Å²) in [7, 11) is 0. The number of allylic oxidation sites excluding steroid dienone is 1. The number of aromatic hydroxyl groups is 3. The molecular formula is C17H15ClO4. The Kier molecular flexibility index (Phi) is 4.43. The monoisotopic (exact) mass is 318 g/mol. The van der Waals surface area contributed by atoms with Gasteiger partial charge in [0.25, 0.3) is 0 Å². The molecule has 0 aromatic heterocycles. The van der Waals surface area contributed by atoms with Crippen LogP contribution in [0.4, 0.5) is 0 Å². The predicted molar refractivity (Wildman–Crippen MR) is 85.6 cm³/mol. The summed E-state index contributed by atoms with van der Waals surface area (Å²) in [5.41, 5.74) is 0.900. The highest BCUT2D eigenvalue weighted by molar-refractivity contribution is 6.30. The van der Waals surface area contributed by atoms with Gasteiger partial charge in [-0.1, -0.05) is 30.3 Å². The number of hydrogen-bond donors (Lipinski definition) is 3. The largest absolute Gasteiger partial charge is 0.507 e. The van der Waals surface area contributed by atoms with Gasteiger partial charge in [-0.15, -0.1) is 0 Å². The minimum atomic E-state index is -0.473. The number of rotatable bonds is 4. The van der Waals surface area contributed by atoms with E-state index in [1.165, 1.54) is 0 Å². The first-order chi connectivity index (χ1) is 10.3. The van der Waals surface area contributed by atoms with E-state index in [2.05, 4.69) is 6.58 Å². The van der Waals surface area contributed by atoms with E-state index in [0.29, 0.717) is 16.2 Å². The molecule has 0 saturated heterocycles. The van der Waals surface area contributed by atoms with Crippen LogP contribution in [0.3, 0.4) is 0 Å². The second kappa shape index (κ2) is 6.12. The van der Waals surface area contributed by atoms with Crippen molar-refractivity contribution in [2.75, 3.05) is 0 Å². The fourth-order valence-corrected chi connectivity index (χ4v) is 2.34. The SMILES string of the molecule is C=C(C)c1c(O)cc(O)c(C(=O)Cc2ccc(Cl)cc2)c1O. The molecule has 2 aromatic rings. The maximum Gasteiger partial charge on any atom is 0.174 e. The van der Waals surface area contributed by atoms with Crippen molar-refractivity contribution in [1.82, 2.24) is 0 Å². The maximum atomic E-state index is 12.4. The lowest BCUT2D eigenvalue weighted by atomic mass is 9.96. The molecule has 2 rings (SSSR count). The lowest BCUT2D eigenvalue weighted by molar-refractivity contribution is 0.0987. The molecule has 2 aromatic carbocycles. The highest BCUT2D eigenvalue weighted by Gasteiger charge is 2.23. The number of halogens is 1. The molecule has 0 saturated carbocycles. The van der Waals surface area contributed by atoms with Crippen LogP contribution in [0, 0.1) is 0 Å². The van der Waals surface area contributed by atoms with Crippen LogP contribution in [0.1, 0.15) is 28.4 Å². The summed E-state index contributed by atoms with van der Waals surface area (Å²) in [4.78, 5) is 12.4. The smallest absolute Gasteiger partial charge is 0.174 e. The average Bonchev–Trinajstić information content (AvgIpc) is 2.40. The van der Waals surface area contributed by atoms with E-state index in [-0.39, 0.29) is 23.3 Å². The standard InChI is InChI=1S/C17H15ClO4/c1-9(2)15-13(20)8-14(21)16(17(15)22)12(19)7-10-3-5-11(18)6-4-10/h3-6,8,20-22H,1,7H2,2H3. The summed E-state index contributed by atoms with van der Waals surface area (Å²) in [6.45, 7) is 5.23. The van der Waals surface area contributed by atoms with Gasteiger partial charge in [-0.05, 0) is 30.2 Å². The molecule has 0 radical (unpaired) electrons. The van der Waals surface area contributed by atoms with Gasteiger partial charge in [0.15, 0.2) is 5.78 Å². The Labute approximate surface area is 132 Å². The van der Waals surface area contributed by atoms with Crippen LogP contribution >= 0.6 is 11.6 Å². The number of hydrogen-bond acceptors (Lipinski definition) is 4. The molecule has 0 bridgehead atoms. The fraction of sp³-hybridized carbons (Fsp3) is 0.118. The van der Waals surface area contributed by atoms with Gasteiger partial charge < -0.3 is 15.3 Å². The lowest BCUT2D eigenvalue weighted by Crippen LogP contribution is -2.05. The second-order valence-electron chi connectivity index (χ2n) is 5.02. The van der Waals surface area contributed by atoms with Crippen molar-refractivity contribution in [3.05, 3.63) is 58.6 Å². The molecule has 0 unspecified atom stereocenters. The quantitative estimate of drug-likeness (QED) is 0.747. The zero-order chi connectivity index (χ0) is 16.4. The van der Waals surface area contributed by atoms with Crippen LogP contribution in [0.2, 0.25) is 5.02 Å². The van der Waals surface area contributed by atoms with Crippen molar-refractivity contribution in [1.29, 1.82) is 0 Å². The Balaban J connectivity index is 2.43. The summed E-state index contributed by atoms with van der Waals surface area (Å²) < 4.78 is 0. The third-order valence-corrected chi connectivity index (χ3v) is 3.49. The molecule has 22 heavy (non-hydrogen) atoms. The molecule has 0 aliphatic rings. The normalized spacial score (nSPS) is 10.5. The van der Waals surface area contributed by atoms with Crippen molar-refractivity contribution >= 4 is 23.0 Å². The third kappa shape index (κ3) is 3.07. The molecule has 0 heterocycles. The van der Waals surface area contributed by atoms with E-state index < -0.39 is 17.3 Å². The molecule has 0 spiro atoms. The highest BCUT2D eigenvalue weighted by atomic mass is 35.5.